The van der Waals surface area contributed by atoms with Crippen molar-refractivity contribution in [1.82, 2.24) is 14.8 Å². The fraction of sp³-hybridized carbons (Fsp3) is 0.368. The SMILES string of the molecule is CNC(=O)OC(COC(=O)N(C)C)c1cc2n(c1)Cc1ccccc1C2. The number of ether oxygens (including phenoxy) is 2. The van der Waals surface area contributed by atoms with E-state index < -0.39 is 18.3 Å². The molecule has 2 heterocycles. The van der Waals surface area contributed by atoms with Crippen molar-refractivity contribution in [2.45, 2.75) is 19.1 Å². The number of aromatic nitrogens is 1. The van der Waals surface area contributed by atoms with Gasteiger partial charge in [0.05, 0.1) is 0 Å². The highest BCUT2D eigenvalue weighted by atomic mass is 16.6. The summed E-state index contributed by atoms with van der Waals surface area (Å²) in [6.45, 7) is 0.733. The van der Waals surface area contributed by atoms with E-state index in [1.807, 2.05) is 24.4 Å². The van der Waals surface area contributed by atoms with Crippen molar-refractivity contribution in [3.05, 3.63) is 58.9 Å². The molecule has 26 heavy (non-hydrogen) atoms. The van der Waals surface area contributed by atoms with Gasteiger partial charge in [-0.05, 0) is 17.2 Å². The lowest BCUT2D eigenvalue weighted by Crippen LogP contribution is -2.28. The lowest BCUT2D eigenvalue weighted by atomic mass is 9.99. The van der Waals surface area contributed by atoms with Gasteiger partial charge < -0.3 is 24.3 Å². The predicted molar refractivity (Wildman–Crippen MR) is 96.1 cm³/mol. The van der Waals surface area contributed by atoms with Crippen molar-refractivity contribution in [2.75, 3.05) is 27.7 Å². The fourth-order valence-corrected chi connectivity index (χ4v) is 2.98. The molecule has 2 aromatic rings. The lowest BCUT2D eigenvalue weighted by molar-refractivity contribution is 0.0361. The zero-order chi connectivity index (χ0) is 18.7. The Morgan fingerprint density at radius 1 is 1.27 bits per heavy atom. The molecule has 1 aromatic carbocycles. The highest BCUT2D eigenvalue weighted by molar-refractivity contribution is 5.68. The second kappa shape index (κ2) is 7.51. The van der Waals surface area contributed by atoms with Crippen LogP contribution in [0.25, 0.3) is 0 Å². The van der Waals surface area contributed by atoms with Gasteiger partial charge in [-0.25, -0.2) is 9.59 Å². The van der Waals surface area contributed by atoms with Crippen LogP contribution in [0, 0.1) is 0 Å². The normalized spacial score (nSPS) is 13.2. The summed E-state index contributed by atoms with van der Waals surface area (Å²) >= 11 is 0. The molecule has 7 nitrogen and oxygen atoms in total. The van der Waals surface area contributed by atoms with Gasteiger partial charge in [-0.2, -0.15) is 0 Å². The molecular weight excluding hydrogens is 334 g/mol. The van der Waals surface area contributed by atoms with Crippen molar-refractivity contribution in [1.29, 1.82) is 0 Å². The Labute approximate surface area is 152 Å². The number of benzene rings is 1. The summed E-state index contributed by atoms with van der Waals surface area (Å²) in [5.41, 5.74) is 4.53. The molecule has 0 aliphatic carbocycles. The number of carbonyl (C=O) groups is 2. The monoisotopic (exact) mass is 357 g/mol. The largest absolute Gasteiger partial charge is 0.445 e. The molecule has 2 amide bonds. The summed E-state index contributed by atoms with van der Waals surface area (Å²) < 4.78 is 12.8. The van der Waals surface area contributed by atoms with Crippen LogP contribution in [-0.2, 0) is 22.4 Å². The molecule has 0 bridgehead atoms. The van der Waals surface area contributed by atoms with Gasteiger partial charge in [0, 0.05) is 51.6 Å². The number of amides is 2. The number of hydrogen-bond acceptors (Lipinski definition) is 4. The number of nitrogens with zero attached hydrogens (tertiary/aromatic N) is 2. The second-order valence-corrected chi connectivity index (χ2v) is 6.45. The Hall–Kier alpha value is -2.96. The van der Waals surface area contributed by atoms with Crippen LogP contribution in [0.15, 0.2) is 36.5 Å². The van der Waals surface area contributed by atoms with Crippen molar-refractivity contribution < 1.29 is 19.1 Å². The summed E-state index contributed by atoms with van der Waals surface area (Å²) in [4.78, 5) is 24.8. The van der Waals surface area contributed by atoms with Gasteiger partial charge in [-0.15, -0.1) is 0 Å². The Kier molecular flexibility index (Phi) is 5.16. The van der Waals surface area contributed by atoms with Gasteiger partial charge in [0.15, 0.2) is 6.10 Å². The summed E-state index contributed by atoms with van der Waals surface area (Å²) in [5, 5.41) is 2.43. The Morgan fingerprint density at radius 3 is 2.69 bits per heavy atom. The zero-order valence-corrected chi connectivity index (χ0v) is 15.2. The maximum Gasteiger partial charge on any atom is 0.409 e. The second-order valence-electron chi connectivity index (χ2n) is 6.45. The smallest absolute Gasteiger partial charge is 0.409 e. The minimum atomic E-state index is -0.667. The number of alkyl carbamates (subject to hydrolysis) is 1. The summed E-state index contributed by atoms with van der Waals surface area (Å²) in [7, 11) is 4.70. The standard InChI is InChI=1S/C19H23N3O4/c1-20-18(23)26-17(12-25-19(24)21(2)3)15-9-16-8-13-6-4-5-7-14(13)10-22(16)11-15/h4-7,9,11,17H,8,10,12H2,1-3H3,(H,20,23). The third-order valence-electron chi connectivity index (χ3n) is 4.39. The molecule has 0 radical (unpaired) electrons. The van der Waals surface area contributed by atoms with Gasteiger partial charge in [-0.3, -0.25) is 0 Å². The van der Waals surface area contributed by atoms with Crippen molar-refractivity contribution in [3.8, 4) is 0 Å². The highest BCUT2D eigenvalue weighted by Crippen LogP contribution is 2.28. The third-order valence-corrected chi connectivity index (χ3v) is 4.39. The van der Waals surface area contributed by atoms with Gasteiger partial charge in [-0.1, -0.05) is 24.3 Å². The van der Waals surface area contributed by atoms with Crippen LogP contribution < -0.4 is 5.32 Å². The first-order chi connectivity index (χ1) is 12.5. The molecule has 7 heteroatoms. The van der Waals surface area contributed by atoms with Gasteiger partial charge >= 0.3 is 12.2 Å². The van der Waals surface area contributed by atoms with E-state index in [2.05, 4.69) is 22.0 Å². The number of hydrogen-bond donors (Lipinski definition) is 1. The topological polar surface area (TPSA) is 72.8 Å². The molecule has 0 saturated carbocycles. The number of rotatable bonds is 4. The average Bonchev–Trinajstić information content (AvgIpc) is 3.04. The molecule has 0 spiro atoms. The predicted octanol–water partition coefficient (Wildman–Crippen LogP) is 2.54. The van der Waals surface area contributed by atoms with Crippen LogP contribution in [0.4, 0.5) is 9.59 Å². The van der Waals surface area contributed by atoms with E-state index in [1.165, 1.54) is 23.1 Å². The molecule has 0 fully saturated rings. The lowest BCUT2D eigenvalue weighted by Gasteiger charge is -2.19. The molecule has 0 saturated heterocycles. The van der Waals surface area contributed by atoms with Crippen molar-refractivity contribution in [2.24, 2.45) is 0 Å². The van der Waals surface area contributed by atoms with Crippen molar-refractivity contribution >= 4 is 12.2 Å². The van der Waals surface area contributed by atoms with E-state index in [1.54, 1.807) is 14.1 Å². The molecule has 1 aliphatic rings. The minimum Gasteiger partial charge on any atom is -0.445 e. The molecule has 1 aliphatic heterocycles. The summed E-state index contributed by atoms with van der Waals surface area (Å²) in [5.74, 6) is 0. The van der Waals surface area contributed by atoms with E-state index in [0.717, 1.165) is 24.2 Å². The molecule has 1 unspecified atom stereocenters. The van der Waals surface area contributed by atoms with Crippen LogP contribution >= 0.6 is 0 Å². The maximum atomic E-state index is 11.7. The highest BCUT2D eigenvalue weighted by Gasteiger charge is 2.24. The van der Waals surface area contributed by atoms with E-state index in [-0.39, 0.29) is 6.61 Å². The minimum absolute atomic E-state index is 0.0408. The van der Waals surface area contributed by atoms with E-state index in [4.69, 9.17) is 9.47 Å². The van der Waals surface area contributed by atoms with Crippen molar-refractivity contribution in [3.63, 3.8) is 0 Å². The molecule has 138 valence electrons. The molecule has 1 N–H and O–H groups in total. The van der Waals surface area contributed by atoms with Crippen LogP contribution in [-0.4, -0.2) is 49.4 Å². The van der Waals surface area contributed by atoms with Gasteiger partial charge in [0.2, 0.25) is 0 Å². The first kappa shape index (κ1) is 17.8. The van der Waals surface area contributed by atoms with E-state index >= 15 is 0 Å². The number of carbonyl (C=O) groups excluding carboxylic acids is 2. The third kappa shape index (κ3) is 3.82. The summed E-state index contributed by atoms with van der Waals surface area (Å²) in [6.07, 6.45) is 1.07. The maximum absolute atomic E-state index is 11.7. The number of nitrogens with one attached hydrogen (secondary N) is 1. The van der Waals surface area contributed by atoms with Gasteiger partial charge in [0.25, 0.3) is 0 Å². The van der Waals surface area contributed by atoms with Gasteiger partial charge in [0.1, 0.15) is 6.61 Å². The van der Waals surface area contributed by atoms with Crippen LogP contribution in [0.1, 0.15) is 28.5 Å². The number of fused-ring (bicyclic) bond motifs is 2. The van der Waals surface area contributed by atoms with Crippen LogP contribution in [0.3, 0.4) is 0 Å². The molecule has 3 rings (SSSR count). The molecule has 1 aromatic heterocycles. The Bertz CT molecular complexity index is 770. The first-order valence-electron chi connectivity index (χ1n) is 8.46. The first-order valence-corrected chi connectivity index (χ1v) is 8.46. The average molecular weight is 357 g/mol. The zero-order valence-electron chi connectivity index (χ0n) is 15.2. The quantitative estimate of drug-likeness (QED) is 0.779. The van der Waals surface area contributed by atoms with E-state index in [9.17, 15) is 9.59 Å². The van der Waals surface area contributed by atoms with E-state index in [0.29, 0.717) is 0 Å². The fourth-order valence-electron chi connectivity index (χ4n) is 2.98. The molecular formula is C19H23N3O4. The summed E-state index contributed by atoms with van der Waals surface area (Å²) in [6, 6.07) is 10.3. The molecule has 1 atom stereocenters. The Morgan fingerprint density at radius 2 is 2.00 bits per heavy atom. The Balaban J connectivity index is 1.80. The van der Waals surface area contributed by atoms with Crippen LogP contribution in [0.5, 0.6) is 0 Å². The van der Waals surface area contributed by atoms with Crippen LogP contribution in [0.2, 0.25) is 0 Å².